The van der Waals surface area contributed by atoms with Crippen LogP contribution in [0.15, 0.2) is 24.3 Å². The van der Waals surface area contributed by atoms with Crippen LogP contribution in [0, 0.1) is 17.7 Å². The molecule has 0 aliphatic carbocycles. The lowest BCUT2D eigenvalue weighted by molar-refractivity contribution is -0.162. The van der Waals surface area contributed by atoms with Crippen molar-refractivity contribution in [2.24, 2.45) is 17.6 Å². The van der Waals surface area contributed by atoms with Gasteiger partial charge in [0.15, 0.2) is 5.92 Å². The van der Waals surface area contributed by atoms with E-state index in [-0.39, 0.29) is 6.42 Å². The molecule has 11 heteroatoms. The van der Waals surface area contributed by atoms with Crippen molar-refractivity contribution in [3.05, 3.63) is 35.6 Å². The minimum absolute atomic E-state index is 0.0829. The fourth-order valence-corrected chi connectivity index (χ4v) is 3.04. The molecule has 0 unspecified atom stereocenters. The van der Waals surface area contributed by atoms with Crippen LogP contribution in [0.2, 0.25) is 0 Å². The number of benzene rings is 1. The maximum absolute atomic E-state index is 13.5. The molecule has 0 aliphatic heterocycles. The van der Waals surface area contributed by atoms with Crippen molar-refractivity contribution >= 4 is 29.7 Å². The summed E-state index contributed by atoms with van der Waals surface area (Å²) in [6, 6.07) is 2.77. The van der Waals surface area contributed by atoms with E-state index >= 15 is 0 Å². The number of methoxy groups -OCH3 is 2. The summed E-state index contributed by atoms with van der Waals surface area (Å²) in [6.07, 6.45) is -0.0829. The minimum atomic E-state index is -1.53. The van der Waals surface area contributed by atoms with Gasteiger partial charge in [-0.3, -0.25) is 24.0 Å². The van der Waals surface area contributed by atoms with Gasteiger partial charge in [-0.15, -0.1) is 0 Å². The van der Waals surface area contributed by atoms with Gasteiger partial charge in [-0.05, 0) is 17.7 Å². The molecule has 10 nitrogen and oxygen atoms in total. The molecule has 0 spiro atoms. The molecule has 170 valence electrons. The number of esters is 2. The minimum Gasteiger partial charge on any atom is -0.468 e. The summed E-state index contributed by atoms with van der Waals surface area (Å²) in [5.74, 6) is -7.52. The molecule has 3 amide bonds. The maximum atomic E-state index is 13.5. The summed E-state index contributed by atoms with van der Waals surface area (Å²) in [5, 5.41) is 4.78. The highest BCUT2D eigenvalue weighted by molar-refractivity contribution is 5.97. The molecular formula is C20H26FN3O7. The van der Waals surface area contributed by atoms with Crippen molar-refractivity contribution in [1.82, 2.24) is 10.6 Å². The summed E-state index contributed by atoms with van der Waals surface area (Å²) in [4.78, 5) is 60.5. The fraction of sp³-hybridized carbons (Fsp3) is 0.450. The zero-order valence-corrected chi connectivity index (χ0v) is 17.6. The Bertz CT molecular complexity index is 830. The number of nitrogens with two attached hydrogens (primary N) is 1. The van der Waals surface area contributed by atoms with E-state index < -0.39 is 59.4 Å². The van der Waals surface area contributed by atoms with Crippen molar-refractivity contribution in [2.75, 3.05) is 14.2 Å². The Kier molecular flexibility index (Phi) is 9.58. The van der Waals surface area contributed by atoms with Gasteiger partial charge in [0.25, 0.3) is 0 Å². The number of hydrogen-bond donors (Lipinski definition) is 3. The predicted molar refractivity (Wildman–Crippen MR) is 106 cm³/mol. The lowest BCUT2D eigenvalue weighted by Gasteiger charge is -2.28. The van der Waals surface area contributed by atoms with Crippen LogP contribution in [0.5, 0.6) is 0 Å². The number of carbonyl (C=O) groups is 5. The van der Waals surface area contributed by atoms with Crippen LogP contribution in [0.3, 0.4) is 0 Å². The standard InChI is InChI=1S/C20H26FN3O7/c1-10(15(19(28)30-3)20(29)31-4)16(17(22)26)24-18(27)14(23-11(2)25)9-12-6-5-7-13(21)8-12/h5-8,10,14-16H,9H2,1-4H3,(H2,22,26)(H,23,25)(H,24,27)/t10-,14-,16-/m0/s1. The smallest absolute Gasteiger partial charge is 0.320 e. The Balaban J connectivity index is 3.14. The number of halogens is 1. The van der Waals surface area contributed by atoms with Gasteiger partial charge < -0.3 is 25.8 Å². The van der Waals surface area contributed by atoms with E-state index in [4.69, 9.17) is 5.73 Å². The van der Waals surface area contributed by atoms with Crippen LogP contribution in [0.4, 0.5) is 4.39 Å². The average molecular weight is 439 g/mol. The van der Waals surface area contributed by atoms with Crippen molar-refractivity contribution in [3.63, 3.8) is 0 Å². The normalized spacial score (nSPS) is 13.5. The van der Waals surface area contributed by atoms with Crippen molar-refractivity contribution < 1.29 is 37.8 Å². The number of primary amides is 1. The van der Waals surface area contributed by atoms with E-state index in [9.17, 15) is 28.4 Å². The van der Waals surface area contributed by atoms with Gasteiger partial charge in [0.2, 0.25) is 17.7 Å². The molecule has 4 N–H and O–H groups in total. The van der Waals surface area contributed by atoms with Crippen LogP contribution < -0.4 is 16.4 Å². The highest BCUT2D eigenvalue weighted by Crippen LogP contribution is 2.20. The van der Waals surface area contributed by atoms with Gasteiger partial charge in [-0.2, -0.15) is 0 Å². The quantitative estimate of drug-likeness (QED) is 0.326. The second kappa shape index (κ2) is 11.6. The summed E-state index contributed by atoms with van der Waals surface area (Å²) >= 11 is 0. The zero-order chi connectivity index (χ0) is 23.7. The van der Waals surface area contributed by atoms with Crippen LogP contribution in [0.1, 0.15) is 19.4 Å². The first kappa shape index (κ1) is 25.5. The van der Waals surface area contributed by atoms with Gasteiger partial charge in [0, 0.05) is 19.3 Å². The van der Waals surface area contributed by atoms with Crippen LogP contribution in [0.25, 0.3) is 0 Å². The highest BCUT2D eigenvalue weighted by atomic mass is 19.1. The molecule has 31 heavy (non-hydrogen) atoms. The monoisotopic (exact) mass is 439 g/mol. The van der Waals surface area contributed by atoms with Gasteiger partial charge in [0.05, 0.1) is 14.2 Å². The average Bonchev–Trinajstić information content (AvgIpc) is 2.70. The van der Waals surface area contributed by atoms with Gasteiger partial charge >= 0.3 is 11.9 Å². The zero-order valence-electron chi connectivity index (χ0n) is 17.6. The molecular weight excluding hydrogens is 413 g/mol. The Labute approximate surface area is 178 Å². The van der Waals surface area contributed by atoms with Gasteiger partial charge in [-0.25, -0.2) is 4.39 Å². The first-order chi connectivity index (χ1) is 14.5. The Morgan fingerprint density at radius 3 is 2.10 bits per heavy atom. The number of nitrogens with one attached hydrogen (secondary N) is 2. The third-order valence-electron chi connectivity index (χ3n) is 4.59. The predicted octanol–water partition coefficient (Wildman–Crippen LogP) is -0.559. The molecule has 0 saturated carbocycles. The Morgan fingerprint density at radius 1 is 1.06 bits per heavy atom. The molecule has 1 aromatic rings. The van der Waals surface area contributed by atoms with Gasteiger partial charge in [-0.1, -0.05) is 19.1 Å². The van der Waals surface area contributed by atoms with E-state index in [1.54, 1.807) is 6.07 Å². The molecule has 0 radical (unpaired) electrons. The molecule has 0 bridgehead atoms. The SMILES string of the molecule is COC(=O)C(C(=O)OC)[C@H](C)[C@H](NC(=O)[C@H](Cc1cccc(F)c1)NC(C)=O)C(N)=O. The van der Waals surface area contributed by atoms with E-state index in [1.807, 2.05) is 0 Å². The first-order valence-corrected chi connectivity index (χ1v) is 9.28. The van der Waals surface area contributed by atoms with Crippen LogP contribution in [-0.4, -0.2) is 56.0 Å². The third kappa shape index (κ3) is 7.36. The second-order valence-corrected chi connectivity index (χ2v) is 6.86. The molecule has 0 fully saturated rings. The van der Waals surface area contributed by atoms with E-state index in [0.717, 1.165) is 14.2 Å². The Morgan fingerprint density at radius 2 is 1.65 bits per heavy atom. The number of carbonyl (C=O) groups excluding carboxylic acids is 5. The molecule has 0 aliphatic rings. The summed E-state index contributed by atoms with van der Waals surface area (Å²) in [6.45, 7) is 2.53. The maximum Gasteiger partial charge on any atom is 0.320 e. The van der Waals surface area contributed by atoms with Crippen molar-refractivity contribution in [2.45, 2.75) is 32.4 Å². The topological polar surface area (TPSA) is 154 Å². The largest absolute Gasteiger partial charge is 0.468 e. The Hall–Kier alpha value is -3.50. The number of amides is 3. The highest BCUT2D eigenvalue weighted by Gasteiger charge is 2.41. The number of rotatable bonds is 10. The summed E-state index contributed by atoms with van der Waals surface area (Å²) in [7, 11) is 2.10. The molecule has 1 aromatic carbocycles. The number of ether oxygens (including phenoxy) is 2. The van der Waals surface area contributed by atoms with Crippen molar-refractivity contribution in [3.8, 4) is 0 Å². The first-order valence-electron chi connectivity index (χ1n) is 9.28. The van der Waals surface area contributed by atoms with Crippen LogP contribution >= 0.6 is 0 Å². The molecule has 0 aromatic heterocycles. The molecule has 0 heterocycles. The fourth-order valence-electron chi connectivity index (χ4n) is 3.04. The van der Waals surface area contributed by atoms with Gasteiger partial charge in [0.1, 0.15) is 17.9 Å². The van der Waals surface area contributed by atoms with E-state index in [2.05, 4.69) is 20.1 Å². The van der Waals surface area contributed by atoms with Crippen molar-refractivity contribution in [1.29, 1.82) is 0 Å². The third-order valence-corrected chi connectivity index (χ3v) is 4.59. The van der Waals surface area contributed by atoms with E-state index in [1.165, 1.54) is 32.0 Å². The summed E-state index contributed by atoms with van der Waals surface area (Å²) in [5.41, 5.74) is 5.80. The lowest BCUT2D eigenvalue weighted by Crippen LogP contribution is -2.57. The molecule has 3 atom stereocenters. The number of hydrogen-bond acceptors (Lipinski definition) is 7. The summed E-state index contributed by atoms with van der Waals surface area (Å²) < 4.78 is 22.6. The second-order valence-electron chi connectivity index (χ2n) is 6.86. The molecule has 0 saturated heterocycles. The molecule has 1 rings (SSSR count). The lowest BCUT2D eigenvalue weighted by atomic mass is 9.86. The van der Waals surface area contributed by atoms with Crippen LogP contribution in [-0.2, 0) is 39.9 Å². The van der Waals surface area contributed by atoms with E-state index in [0.29, 0.717) is 5.56 Å².